The number of nitrogens with one attached hydrogen (secondary N) is 4. The predicted molar refractivity (Wildman–Crippen MR) is 154 cm³/mol. The number of carbonyl (C=O) groups is 3. The molecule has 4 N–H and O–H groups in total. The molecule has 39 heavy (non-hydrogen) atoms. The van der Waals surface area contributed by atoms with Gasteiger partial charge in [0.05, 0.1) is 17.2 Å². The monoisotopic (exact) mass is 525 g/mol. The summed E-state index contributed by atoms with van der Waals surface area (Å²) in [5.74, 6) is -0.580. The Kier molecular flexibility index (Phi) is 7.65. The van der Waals surface area contributed by atoms with E-state index >= 15 is 0 Å². The van der Waals surface area contributed by atoms with Crippen LogP contribution in [0, 0.1) is 13.8 Å². The fraction of sp³-hybridized carbons (Fsp3) is 0.323. The number of nitrogens with zero attached hydrogens (tertiary/aromatic N) is 1. The van der Waals surface area contributed by atoms with Crippen molar-refractivity contribution in [2.24, 2.45) is 0 Å². The maximum atomic E-state index is 13.0. The number of hydrogen-bond acceptors (Lipinski definition) is 4. The lowest BCUT2D eigenvalue weighted by atomic mass is 10.0. The minimum absolute atomic E-state index is 0.118. The second kappa shape index (κ2) is 11.3. The summed E-state index contributed by atoms with van der Waals surface area (Å²) >= 11 is 0. The third-order valence-corrected chi connectivity index (χ3v) is 7.62. The SMILES string of the molecule is Cc1[nH]c(/C=C2\C(=O)Nc3ccc(C(=O)N[C@@H](C)c4ccccc4)cc32)c(C)c1C(=O)NCCN1CCCC1. The van der Waals surface area contributed by atoms with Crippen LogP contribution in [0.4, 0.5) is 5.69 Å². The number of aromatic amines is 1. The zero-order chi connectivity index (χ0) is 27.5. The Hall–Kier alpha value is -4.17. The standard InChI is InChI=1S/C31H35N5O3/c1-19-27(33-21(3)28(19)31(39)32-13-16-36-14-7-8-15-36)18-25-24-17-23(11-12-26(24)35-30(25)38)29(37)34-20(2)22-9-5-4-6-10-22/h4-6,9-12,17-18,20,33H,7-8,13-16H2,1-3H3,(H,32,39)(H,34,37)(H,35,38)/b25-18-/t20-/m0/s1. The number of carbonyl (C=O) groups excluding carboxylic acids is 3. The van der Waals surface area contributed by atoms with Crippen LogP contribution in [0.5, 0.6) is 0 Å². The number of H-pyrrole nitrogens is 1. The summed E-state index contributed by atoms with van der Waals surface area (Å²) < 4.78 is 0. The number of benzene rings is 2. The second-order valence-corrected chi connectivity index (χ2v) is 10.3. The van der Waals surface area contributed by atoms with Crippen LogP contribution >= 0.6 is 0 Å². The molecule has 0 aliphatic carbocycles. The first-order valence-corrected chi connectivity index (χ1v) is 13.5. The highest BCUT2D eigenvalue weighted by Gasteiger charge is 2.27. The Bertz CT molecular complexity index is 1430. The maximum absolute atomic E-state index is 13.0. The summed E-state index contributed by atoms with van der Waals surface area (Å²) in [4.78, 5) is 44.6. The number of rotatable bonds is 8. The number of hydrogen-bond donors (Lipinski definition) is 4. The number of aryl methyl sites for hydroxylation is 1. The fourth-order valence-corrected chi connectivity index (χ4v) is 5.40. The average Bonchev–Trinajstić information content (AvgIpc) is 3.62. The summed E-state index contributed by atoms with van der Waals surface area (Å²) in [6.07, 6.45) is 4.20. The van der Waals surface area contributed by atoms with Crippen molar-refractivity contribution in [2.75, 3.05) is 31.5 Å². The molecule has 2 aromatic carbocycles. The van der Waals surface area contributed by atoms with Crippen molar-refractivity contribution in [3.63, 3.8) is 0 Å². The number of anilines is 1. The lowest BCUT2D eigenvalue weighted by molar-refractivity contribution is -0.110. The molecule has 2 aliphatic heterocycles. The Balaban J connectivity index is 1.34. The van der Waals surface area contributed by atoms with Gasteiger partial charge >= 0.3 is 0 Å². The van der Waals surface area contributed by atoms with Crippen molar-refractivity contribution < 1.29 is 14.4 Å². The summed E-state index contributed by atoms with van der Waals surface area (Å²) in [5, 5.41) is 8.95. The third kappa shape index (κ3) is 5.66. The van der Waals surface area contributed by atoms with Crippen LogP contribution in [0.1, 0.15) is 74.6 Å². The lowest BCUT2D eigenvalue weighted by Gasteiger charge is -2.15. The van der Waals surface area contributed by atoms with E-state index in [1.807, 2.05) is 51.1 Å². The van der Waals surface area contributed by atoms with Gasteiger partial charge in [-0.1, -0.05) is 30.3 Å². The lowest BCUT2D eigenvalue weighted by Crippen LogP contribution is -2.33. The zero-order valence-corrected chi connectivity index (χ0v) is 22.7. The summed E-state index contributed by atoms with van der Waals surface area (Å²) in [6.45, 7) is 9.32. The van der Waals surface area contributed by atoms with Gasteiger partial charge in [0.15, 0.2) is 0 Å². The van der Waals surface area contributed by atoms with Crippen molar-refractivity contribution in [1.82, 2.24) is 20.5 Å². The van der Waals surface area contributed by atoms with E-state index in [4.69, 9.17) is 0 Å². The molecule has 0 radical (unpaired) electrons. The number of amides is 3. The molecule has 2 aliphatic rings. The van der Waals surface area contributed by atoms with E-state index in [2.05, 4.69) is 25.8 Å². The van der Waals surface area contributed by atoms with Gasteiger partial charge in [0.1, 0.15) is 0 Å². The molecule has 5 rings (SSSR count). The first-order valence-electron chi connectivity index (χ1n) is 13.5. The van der Waals surface area contributed by atoms with Gasteiger partial charge in [-0.2, -0.15) is 0 Å². The van der Waals surface area contributed by atoms with Crippen molar-refractivity contribution >= 4 is 35.1 Å². The van der Waals surface area contributed by atoms with Crippen LogP contribution in [0.15, 0.2) is 48.5 Å². The minimum atomic E-state index is -0.247. The van der Waals surface area contributed by atoms with Gasteiger partial charge < -0.3 is 25.8 Å². The van der Waals surface area contributed by atoms with E-state index in [0.29, 0.717) is 40.2 Å². The summed E-state index contributed by atoms with van der Waals surface area (Å²) in [6, 6.07) is 14.8. The second-order valence-electron chi connectivity index (χ2n) is 10.3. The summed E-state index contributed by atoms with van der Waals surface area (Å²) in [7, 11) is 0. The molecule has 3 aromatic rings. The highest BCUT2D eigenvalue weighted by molar-refractivity contribution is 6.35. The quantitative estimate of drug-likeness (QED) is 0.326. The molecule has 3 amide bonds. The maximum Gasteiger partial charge on any atom is 0.256 e. The van der Waals surface area contributed by atoms with E-state index in [-0.39, 0.29) is 23.8 Å². The van der Waals surface area contributed by atoms with Gasteiger partial charge in [-0.3, -0.25) is 14.4 Å². The fourth-order valence-electron chi connectivity index (χ4n) is 5.40. The van der Waals surface area contributed by atoms with Crippen molar-refractivity contribution in [3.05, 3.63) is 87.7 Å². The van der Waals surface area contributed by atoms with Gasteiger partial charge in [-0.15, -0.1) is 0 Å². The van der Waals surface area contributed by atoms with Crippen LogP contribution in [-0.2, 0) is 4.79 Å². The van der Waals surface area contributed by atoms with Crippen molar-refractivity contribution in [1.29, 1.82) is 0 Å². The van der Waals surface area contributed by atoms with Crippen LogP contribution < -0.4 is 16.0 Å². The molecule has 0 bridgehead atoms. The normalized spacial score (nSPS) is 16.7. The molecular weight excluding hydrogens is 490 g/mol. The molecule has 1 aromatic heterocycles. The molecule has 3 heterocycles. The molecule has 0 spiro atoms. The topological polar surface area (TPSA) is 106 Å². The molecule has 0 unspecified atom stereocenters. The Morgan fingerprint density at radius 1 is 1.05 bits per heavy atom. The van der Waals surface area contributed by atoms with Gasteiger partial charge in [0.25, 0.3) is 17.7 Å². The van der Waals surface area contributed by atoms with Gasteiger partial charge in [-0.25, -0.2) is 0 Å². The van der Waals surface area contributed by atoms with Gasteiger partial charge in [0.2, 0.25) is 0 Å². The van der Waals surface area contributed by atoms with E-state index in [1.165, 1.54) is 12.8 Å². The van der Waals surface area contributed by atoms with Crippen molar-refractivity contribution in [3.8, 4) is 0 Å². The van der Waals surface area contributed by atoms with E-state index in [9.17, 15) is 14.4 Å². The molecule has 0 saturated carbocycles. The largest absolute Gasteiger partial charge is 0.358 e. The third-order valence-electron chi connectivity index (χ3n) is 7.62. The molecule has 1 fully saturated rings. The van der Waals surface area contributed by atoms with Crippen LogP contribution in [0.2, 0.25) is 0 Å². The highest BCUT2D eigenvalue weighted by Crippen LogP contribution is 2.35. The van der Waals surface area contributed by atoms with E-state index in [0.717, 1.165) is 36.5 Å². The Labute approximate surface area is 228 Å². The Morgan fingerprint density at radius 3 is 2.54 bits per heavy atom. The van der Waals surface area contributed by atoms with Crippen LogP contribution in [0.25, 0.3) is 11.6 Å². The first kappa shape index (κ1) is 26.4. The number of aromatic nitrogens is 1. The molecule has 202 valence electrons. The molecular formula is C31H35N5O3. The molecule has 1 atom stereocenters. The number of likely N-dealkylation sites (tertiary alicyclic amines) is 1. The zero-order valence-electron chi connectivity index (χ0n) is 22.7. The molecule has 1 saturated heterocycles. The van der Waals surface area contributed by atoms with Crippen LogP contribution in [0.3, 0.4) is 0 Å². The molecule has 8 heteroatoms. The van der Waals surface area contributed by atoms with Crippen LogP contribution in [-0.4, -0.2) is 53.8 Å². The van der Waals surface area contributed by atoms with Gasteiger partial charge in [-0.05, 0) is 82.1 Å². The smallest absolute Gasteiger partial charge is 0.256 e. The Morgan fingerprint density at radius 2 is 1.79 bits per heavy atom. The van der Waals surface area contributed by atoms with E-state index < -0.39 is 0 Å². The molecule has 8 nitrogen and oxygen atoms in total. The average molecular weight is 526 g/mol. The highest BCUT2D eigenvalue weighted by atomic mass is 16.2. The van der Waals surface area contributed by atoms with Crippen molar-refractivity contribution in [2.45, 2.75) is 39.7 Å². The first-order chi connectivity index (χ1) is 18.8. The minimum Gasteiger partial charge on any atom is -0.358 e. The van der Waals surface area contributed by atoms with Gasteiger partial charge in [0, 0.05) is 41.3 Å². The summed E-state index contributed by atoms with van der Waals surface area (Å²) in [5.41, 5.74) is 6.07. The number of fused-ring (bicyclic) bond motifs is 1. The predicted octanol–water partition coefficient (Wildman–Crippen LogP) is 4.44. The van der Waals surface area contributed by atoms with E-state index in [1.54, 1.807) is 24.3 Å².